The molecule has 0 amide bonds. The fourth-order valence-electron chi connectivity index (χ4n) is 2.04. The fraction of sp³-hybridized carbons (Fsp3) is 0.375. The summed E-state index contributed by atoms with van der Waals surface area (Å²) in [5, 5.41) is 3.42. The van der Waals surface area contributed by atoms with Gasteiger partial charge in [-0.05, 0) is 42.8 Å². The normalized spacial score (nSPS) is 10.8. The summed E-state index contributed by atoms with van der Waals surface area (Å²) in [6.45, 7) is 5.09. The van der Waals surface area contributed by atoms with Crippen LogP contribution in [-0.4, -0.2) is 13.6 Å². The highest BCUT2D eigenvalue weighted by molar-refractivity contribution is 7.16. The molecule has 0 atom stereocenters. The lowest BCUT2D eigenvalue weighted by Crippen LogP contribution is -2.16. The van der Waals surface area contributed by atoms with Crippen molar-refractivity contribution in [1.82, 2.24) is 5.32 Å². The van der Waals surface area contributed by atoms with E-state index >= 15 is 0 Å². The molecular weight excluding hydrogens is 288 g/mol. The molecule has 1 aromatic heterocycles. The molecule has 0 saturated carbocycles. The lowest BCUT2D eigenvalue weighted by atomic mass is 10.2. The number of thiophene rings is 1. The van der Waals surface area contributed by atoms with Crippen LogP contribution in [-0.2, 0) is 13.1 Å². The molecule has 2 rings (SSSR count). The van der Waals surface area contributed by atoms with Crippen LogP contribution in [0.2, 0.25) is 4.34 Å². The van der Waals surface area contributed by atoms with E-state index in [2.05, 4.69) is 54.5 Å². The molecule has 0 bridgehead atoms. The number of rotatable bonds is 7. The van der Waals surface area contributed by atoms with Gasteiger partial charge in [0, 0.05) is 24.2 Å². The summed E-state index contributed by atoms with van der Waals surface area (Å²) in [6.07, 6.45) is 1.17. The van der Waals surface area contributed by atoms with Gasteiger partial charge in [-0.2, -0.15) is 0 Å². The molecule has 0 radical (unpaired) electrons. The van der Waals surface area contributed by atoms with Crippen LogP contribution in [0.5, 0.6) is 0 Å². The Bertz CT molecular complexity index is 522. The van der Waals surface area contributed by atoms with E-state index < -0.39 is 0 Å². The van der Waals surface area contributed by atoms with Gasteiger partial charge in [-0.1, -0.05) is 30.7 Å². The summed E-state index contributed by atoms with van der Waals surface area (Å²) in [4.78, 5) is 3.52. The van der Waals surface area contributed by atoms with Crippen molar-refractivity contribution in [1.29, 1.82) is 0 Å². The Hall–Kier alpha value is -1.03. The van der Waals surface area contributed by atoms with E-state index in [9.17, 15) is 0 Å². The van der Waals surface area contributed by atoms with Crippen molar-refractivity contribution in [2.45, 2.75) is 26.4 Å². The number of hydrogen-bond donors (Lipinski definition) is 1. The van der Waals surface area contributed by atoms with Crippen LogP contribution in [0, 0.1) is 0 Å². The molecule has 0 aliphatic rings. The van der Waals surface area contributed by atoms with Gasteiger partial charge in [0.05, 0.1) is 10.9 Å². The Morgan fingerprint density at radius 2 is 1.90 bits per heavy atom. The molecule has 20 heavy (non-hydrogen) atoms. The first-order chi connectivity index (χ1) is 9.69. The maximum atomic E-state index is 5.96. The Morgan fingerprint density at radius 3 is 2.50 bits per heavy atom. The van der Waals surface area contributed by atoms with Gasteiger partial charge in [0.2, 0.25) is 0 Å². The molecule has 0 spiro atoms. The van der Waals surface area contributed by atoms with Crippen LogP contribution >= 0.6 is 22.9 Å². The van der Waals surface area contributed by atoms with Crippen LogP contribution in [0.15, 0.2) is 36.4 Å². The van der Waals surface area contributed by atoms with E-state index in [-0.39, 0.29) is 0 Å². The van der Waals surface area contributed by atoms with E-state index in [1.807, 2.05) is 6.07 Å². The summed E-state index contributed by atoms with van der Waals surface area (Å²) < 4.78 is 0.853. The van der Waals surface area contributed by atoms with Crippen LogP contribution in [0.3, 0.4) is 0 Å². The van der Waals surface area contributed by atoms with Gasteiger partial charge in [0.25, 0.3) is 0 Å². The summed E-state index contributed by atoms with van der Waals surface area (Å²) in [5.41, 5.74) is 2.56. The van der Waals surface area contributed by atoms with Crippen molar-refractivity contribution in [3.8, 4) is 0 Å². The molecule has 2 aromatic rings. The average molecular weight is 309 g/mol. The molecular formula is C16H21ClN2S. The third kappa shape index (κ3) is 4.51. The summed E-state index contributed by atoms with van der Waals surface area (Å²) in [7, 11) is 2.11. The van der Waals surface area contributed by atoms with Crippen LogP contribution in [0.25, 0.3) is 0 Å². The molecule has 0 aliphatic heterocycles. The van der Waals surface area contributed by atoms with Gasteiger partial charge in [0.15, 0.2) is 0 Å². The minimum absolute atomic E-state index is 0.853. The fourth-order valence-corrected chi connectivity index (χ4v) is 3.18. The van der Waals surface area contributed by atoms with Gasteiger partial charge in [-0.3, -0.25) is 0 Å². The minimum atomic E-state index is 0.853. The summed E-state index contributed by atoms with van der Waals surface area (Å²) >= 11 is 7.61. The third-order valence-electron chi connectivity index (χ3n) is 3.15. The van der Waals surface area contributed by atoms with Crippen LogP contribution in [0.1, 0.15) is 23.8 Å². The zero-order valence-corrected chi connectivity index (χ0v) is 13.6. The number of halogens is 1. The monoisotopic (exact) mass is 308 g/mol. The Balaban J connectivity index is 1.91. The molecule has 4 heteroatoms. The number of nitrogens with one attached hydrogen (secondary N) is 1. The van der Waals surface area contributed by atoms with Crippen LogP contribution < -0.4 is 10.2 Å². The number of nitrogens with zero attached hydrogens (tertiary/aromatic N) is 1. The van der Waals surface area contributed by atoms with Crippen molar-refractivity contribution < 1.29 is 0 Å². The molecule has 1 heterocycles. The second-order valence-corrected chi connectivity index (χ2v) is 6.70. The molecule has 1 N–H and O–H groups in total. The van der Waals surface area contributed by atoms with E-state index in [1.165, 1.54) is 22.5 Å². The number of anilines is 1. The molecule has 1 aromatic carbocycles. The van der Waals surface area contributed by atoms with Crippen molar-refractivity contribution in [3.05, 3.63) is 51.2 Å². The minimum Gasteiger partial charge on any atom is -0.369 e. The lowest BCUT2D eigenvalue weighted by molar-refractivity contribution is 0.675. The highest BCUT2D eigenvalue weighted by Gasteiger charge is 2.04. The zero-order chi connectivity index (χ0) is 14.4. The van der Waals surface area contributed by atoms with Crippen molar-refractivity contribution in [3.63, 3.8) is 0 Å². The molecule has 108 valence electrons. The second-order valence-electron chi connectivity index (χ2n) is 4.91. The third-order valence-corrected chi connectivity index (χ3v) is 4.37. The quantitative estimate of drug-likeness (QED) is 0.756. The Morgan fingerprint density at radius 1 is 1.15 bits per heavy atom. The molecule has 0 fully saturated rings. The van der Waals surface area contributed by atoms with Crippen LogP contribution in [0.4, 0.5) is 5.69 Å². The smallest absolute Gasteiger partial charge is 0.0931 e. The molecule has 0 unspecified atom stereocenters. The highest BCUT2D eigenvalue weighted by Crippen LogP contribution is 2.24. The molecule has 2 nitrogen and oxygen atoms in total. The zero-order valence-electron chi connectivity index (χ0n) is 12.0. The SMILES string of the molecule is CCCNCc1ccc(N(C)Cc2ccc(Cl)s2)cc1. The van der Waals surface area contributed by atoms with Crippen molar-refractivity contribution >= 4 is 28.6 Å². The Labute approximate surface area is 130 Å². The maximum Gasteiger partial charge on any atom is 0.0931 e. The topological polar surface area (TPSA) is 15.3 Å². The number of benzene rings is 1. The van der Waals surface area contributed by atoms with E-state index in [0.29, 0.717) is 0 Å². The van der Waals surface area contributed by atoms with Gasteiger partial charge < -0.3 is 10.2 Å². The largest absolute Gasteiger partial charge is 0.369 e. The first-order valence-corrected chi connectivity index (χ1v) is 8.13. The van der Waals surface area contributed by atoms with E-state index in [0.717, 1.165) is 24.0 Å². The van der Waals surface area contributed by atoms with Gasteiger partial charge in [0.1, 0.15) is 0 Å². The lowest BCUT2D eigenvalue weighted by Gasteiger charge is -2.18. The number of hydrogen-bond acceptors (Lipinski definition) is 3. The highest BCUT2D eigenvalue weighted by atomic mass is 35.5. The second kappa shape index (κ2) is 7.67. The average Bonchev–Trinajstić information content (AvgIpc) is 2.85. The predicted octanol–water partition coefficient (Wildman–Crippen LogP) is 4.54. The summed E-state index contributed by atoms with van der Waals surface area (Å²) in [5.74, 6) is 0. The van der Waals surface area contributed by atoms with Gasteiger partial charge >= 0.3 is 0 Å². The maximum absolute atomic E-state index is 5.96. The first kappa shape index (κ1) is 15.4. The predicted molar refractivity (Wildman–Crippen MR) is 89.9 cm³/mol. The van der Waals surface area contributed by atoms with Gasteiger partial charge in [-0.15, -0.1) is 11.3 Å². The summed E-state index contributed by atoms with van der Waals surface area (Å²) in [6, 6.07) is 12.8. The van der Waals surface area contributed by atoms with E-state index in [4.69, 9.17) is 11.6 Å². The van der Waals surface area contributed by atoms with Gasteiger partial charge in [-0.25, -0.2) is 0 Å². The first-order valence-electron chi connectivity index (χ1n) is 6.94. The van der Waals surface area contributed by atoms with Crippen molar-refractivity contribution in [2.24, 2.45) is 0 Å². The molecule has 0 saturated heterocycles. The van der Waals surface area contributed by atoms with Crippen molar-refractivity contribution in [2.75, 3.05) is 18.5 Å². The standard InChI is InChI=1S/C16H21ClN2S/c1-3-10-18-11-13-4-6-14(7-5-13)19(2)12-15-8-9-16(17)20-15/h4-9,18H,3,10-12H2,1-2H3. The van der Waals surface area contributed by atoms with E-state index in [1.54, 1.807) is 11.3 Å². The Kier molecular flexibility index (Phi) is 5.89. The molecule has 0 aliphatic carbocycles.